The number of fused-ring (bicyclic) bond motifs is 3. The molecule has 4 unspecified atom stereocenters. The van der Waals surface area contributed by atoms with Gasteiger partial charge in [0.2, 0.25) is 0 Å². The van der Waals surface area contributed by atoms with Crippen LogP contribution in [0.1, 0.15) is 67.2 Å². The number of hydrogen-bond donors (Lipinski definition) is 1. The first-order chi connectivity index (χ1) is 15.7. The Morgan fingerprint density at radius 3 is 2.03 bits per heavy atom. The molecule has 0 heterocycles. The third kappa shape index (κ3) is 3.28. The Morgan fingerprint density at radius 2 is 1.47 bits per heavy atom. The van der Waals surface area contributed by atoms with Crippen LogP contribution in [0.3, 0.4) is 0 Å². The van der Waals surface area contributed by atoms with E-state index < -0.39 is 64.5 Å². The maximum Gasteiger partial charge on any atom is 0.302 e. The predicted octanol–water partition coefficient (Wildman–Crippen LogP) is 2.75. The third-order valence-corrected chi connectivity index (χ3v) is 9.50. The SMILES string of the molecule is C=C1C(=O)[C@]23CC1C[C@H](OC(C)=O)[C@H]2C1(C)C(OC(C)=O)CC(O)C(C)(C)[C@H]1C[C@@H]3OC(C)=O. The minimum absolute atomic E-state index is 0.159. The number of ketones is 1. The zero-order valence-corrected chi connectivity index (χ0v) is 20.9. The number of aliphatic hydroxyl groups excluding tert-OH is 1. The second-order valence-electron chi connectivity index (χ2n) is 11.6. The molecular formula is C26H36O8. The van der Waals surface area contributed by atoms with Crippen LogP contribution in [0, 0.1) is 34.0 Å². The summed E-state index contributed by atoms with van der Waals surface area (Å²) in [6.07, 6.45) is -1.47. The topological polar surface area (TPSA) is 116 Å². The van der Waals surface area contributed by atoms with Gasteiger partial charge in [-0.05, 0) is 42.1 Å². The van der Waals surface area contributed by atoms with Crippen LogP contribution in [0.5, 0.6) is 0 Å². The van der Waals surface area contributed by atoms with Gasteiger partial charge in [-0.2, -0.15) is 0 Å². The number of carbonyl (C=O) groups excluding carboxylic acids is 4. The van der Waals surface area contributed by atoms with Crippen LogP contribution in [-0.4, -0.2) is 53.2 Å². The number of carbonyl (C=O) groups is 4. The maximum absolute atomic E-state index is 13.9. The average Bonchev–Trinajstić information content (AvgIpc) is 2.89. The van der Waals surface area contributed by atoms with E-state index in [-0.39, 0.29) is 24.0 Å². The fraction of sp³-hybridized carbons (Fsp3) is 0.769. The first kappa shape index (κ1) is 24.9. The Morgan fingerprint density at radius 1 is 0.912 bits per heavy atom. The van der Waals surface area contributed by atoms with Crippen molar-refractivity contribution < 1.29 is 38.5 Å². The number of rotatable bonds is 3. The van der Waals surface area contributed by atoms with E-state index in [1.54, 1.807) is 0 Å². The molecule has 34 heavy (non-hydrogen) atoms. The van der Waals surface area contributed by atoms with Crippen molar-refractivity contribution >= 4 is 23.7 Å². The molecule has 0 aromatic carbocycles. The van der Waals surface area contributed by atoms with Crippen LogP contribution >= 0.6 is 0 Å². The molecule has 1 spiro atoms. The molecule has 0 radical (unpaired) electrons. The summed E-state index contributed by atoms with van der Waals surface area (Å²) in [5.41, 5.74) is -2.12. The Kier molecular flexibility index (Phi) is 5.78. The zero-order valence-electron chi connectivity index (χ0n) is 20.9. The third-order valence-electron chi connectivity index (χ3n) is 9.50. The molecule has 0 aromatic heterocycles. The van der Waals surface area contributed by atoms with Gasteiger partial charge < -0.3 is 19.3 Å². The first-order valence-corrected chi connectivity index (χ1v) is 12.1. The van der Waals surface area contributed by atoms with Crippen molar-refractivity contribution in [3.63, 3.8) is 0 Å². The van der Waals surface area contributed by atoms with Crippen molar-refractivity contribution in [1.29, 1.82) is 0 Å². The van der Waals surface area contributed by atoms with E-state index in [0.29, 0.717) is 24.8 Å². The molecule has 4 saturated carbocycles. The molecule has 0 aliphatic heterocycles. The molecule has 4 rings (SSSR count). The molecule has 188 valence electrons. The maximum atomic E-state index is 13.9. The number of hydrogen-bond acceptors (Lipinski definition) is 8. The van der Waals surface area contributed by atoms with Crippen molar-refractivity contribution in [3.05, 3.63) is 12.2 Å². The monoisotopic (exact) mass is 476 g/mol. The lowest BCUT2D eigenvalue weighted by Crippen LogP contribution is -2.72. The molecule has 9 atom stereocenters. The Balaban J connectivity index is 1.98. The lowest BCUT2D eigenvalue weighted by Gasteiger charge is -2.67. The van der Waals surface area contributed by atoms with Crippen molar-refractivity contribution in [2.75, 3.05) is 0 Å². The highest BCUT2D eigenvalue weighted by Gasteiger charge is 2.77. The minimum atomic E-state index is -1.13. The van der Waals surface area contributed by atoms with E-state index in [1.165, 1.54) is 20.8 Å². The predicted molar refractivity (Wildman–Crippen MR) is 120 cm³/mol. The number of Topliss-reactive ketones (excluding diaryl/α,β-unsaturated/α-hetero) is 1. The molecule has 0 saturated heterocycles. The summed E-state index contributed by atoms with van der Waals surface area (Å²) in [6.45, 7) is 13.9. The molecule has 8 heteroatoms. The fourth-order valence-electron chi connectivity index (χ4n) is 8.26. The summed E-state index contributed by atoms with van der Waals surface area (Å²) >= 11 is 0. The second kappa shape index (κ2) is 7.90. The summed E-state index contributed by atoms with van der Waals surface area (Å²) < 4.78 is 17.6. The molecule has 0 amide bonds. The highest BCUT2D eigenvalue weighted by atomic mass is 16.6. The summed E-state index contributed by atoms with van der Waals surface area (Å²) in [4.78, 5) is 50.5. The van der Waals surface area contributed by atoms with Gasteiger partial charge in [-0.15, -0.1) is 0 Å². The van der Waals surface area contributed by atoms with Gasteiger partial charge in [-0.3, -0.25) is 19.2 Å². The lowest BCUT2D eigenvalue weighted by molar-refractivity contribution is -0.277. The van der Waals surface area contributed by atoms with Crippen molar-refractivity contribution in [3.8, 4) is 0 Å². The van der Waals surface area contributed by atoms with Crippen LogP contribution in [-0.2, 0) is 33.4 Å². The van der Waals surface area contributed by atoms with Gasteiger partial charge in [0.25, 0.3) is 0 Å². The molecule has 2 bridgehead atoms. The van der Waals surface area contributed by atoms with Gasteiger partial charge in [-0.25, -0.2) is 0 Å². The molecule has 1 N–H and O–H groups in total. The summed E-state index contributed by atoms with van der Waals surface area (Å²) in [6, 6.07) is 0. The first-order valence-electron chi connectivity index (χ1n) is 12.1. The van der Waals surface area contributed by atoms with E-state index in [9.17, 15) is 24.3 Å². The van der Waals surface area contributed by atoms with E-state index in [4.69, 9.17) is 14.2 Å². The average molecular weight is 477 g/mol. The van der Waals surface area contributed by atoms with E-state index >= 15 is 0 Å². The van der Waals surface area contributed by atoms with Gasteiger partial charge in [0.15, 0.2) is 5.78 Å². The largest absolute Gasteiger partial charge is 0.462 e. The van der Waals surface area contributed by atoms with Crippen LogP contribution < -0.4 is 0 Å². The van der Waals surface area contributed by atoms with Gasteiger partial charge in [0.1, 0.15) is 18.3 Å². The van der Waals surface area contributed by atoms with Crippen LogP contribution in [0.15, 0.2) is 12.2 Å². The molecule has 4 fully saturated rings. The number of esters is 3. The quantitative estimate of drug-likeness (QED) is 0.376. The van der Waals surface area contributed by atoms with Crippen LogP contribution in [0.25, 0.3) is 0 Å². The van der Waals surface area contributed by atoms with Crippen molar-refractivity contribution in [2.24, 2.45) is 34.0 Å². The highest BCUT2D eigenvalue weighted by Crippen LogP contribution is 2.72. The summed E-state index contributed by atoms with van der Waals surface area (Å²) in [5.74, 6) is -2.64. The van der Waals surface area contributed by atoms with E-state index in [2.05, 4.69) is 6.58 Å². The fourth-order valence-corrected chi connectivity index (χ4v) is 8.26. The Labute approximate surface area is 200 Å². The molecular weight excluding hydrogens is 440 g/mol. The Hall–Kier alpha value is -2.22. The smallest absolute Gasteiger partial charge is 0.302 e. The number of allylic oxidation sites excluding steroid dienone is 1. The minimum Gasteiger partial charge on any atom is -0.462 e. The molecule has 4 aliphatic carbocycles. The van der Waals surface area contributed by atoms with Crippen LogP contribution in [0.4, 0.5) is 0 Å². The van der Waals surface area contributed by atoms with E-state index in [1.807, 2.05) is 20.8 Å². The van der Waals surface area contributed by atoms with E-state index in [0.717, 1.165) is 0 Å². The highest BCUT2D eigenvalue weighted by molar-refractivity contribution is 6.04. The molecule has 8 nitrogen and oxygen atoms in total. The summed E-state index contributed by atoms with van der Waals surface area (Å²) in [5, 5.41) is 11.1. The van der Waals surface area contributed by atoms with Crippen molar-refractivity contribution in [1.82, 2.24) is 0 Å². The standard InChI is InChI=1S/C26H36O8/c1-12-16-8-17(32-13(2)27)22-25(7)18(24(5,6)19(30)10-20(25)33-14(3)28)9-21(34-15(4)29)26(22,11-16)23(12)31/h16-22,30H,1,8-11H2,2-7H3/t16?,17-,18+,19?,20?,21-,22-,25?,26-/m0/s1. The normalized spacial score (nSPS) is 44.5. The van der Waals surface area contributed by atoms with Gasteiger partial charge in [0, 0.05) is 38.5 Å². The zero-order chi connectivity index (χ0) is 25.4. The van der Waals surface area contributed by atoms with Gasteiger partial charge in [-0.1, -0.05) is 27.4 Å². The van der Waals surface area contributed by atoms with Gasteiger partial charge >= 0.3 is 17.9 Å². The number of ether oxygens (including phenoxy) is 3. The van der Waals surface area contributed by atoms with Crippen molar-refractivity contribution in [2.45, 2.75) is 91.6 Å². The lowest BCUT2D eigenvalue weighted by atomic mass is 9.38. The summed E-state index contributed by atoms with van der Waals surface area (Å²) in [7, 11) is 0. The second-order valence-corrected chi connectivity index (χ2v) is 11.6. The van der Waals surface area contributed by atoms with Crippen LogP contribution in [0.2, 0.25) is 0 Å². The Bertz CT molecular complexity index is 952. The number of aliphatic hydroxyl groups is 1. The molecule has 4 aliphatic rings. The molecule has 0 aromatic rings. The van der Waals surface area contributed by atoms with Gasteiger partial charge in [0.05, 0.1) is 11.5 Å².